The molecule has 0 spiro atoms. The molecule has 150 valence electrons. The number of nitrogens with zero attached hydrogens (tertiary/aromatic N) is 2. The first kappa shape index (κ1) is 20.6. The lowest BCUT2D eigenvalue weighted by Gasteiger charge is -2.35. The topological polar surface area (TPSA) is 15.7 Å². The van der Waals surface area contributed by atoms with E-state index in [1.54, 1.807) is 0 Å². The van der Waals surface area contributed by atoms with Crippen molar-refractivity contribution in [2.75, 3.05) is 39.3 Å². The molecule has 2 heterocycles. The van der Waals surface area contributed by atoms with E-state index < -0.39 is 0 Å². The fraction of sp³-hybridized carbons (Fsp3) is 0.667. The summed E-state index contributed by atoms with van der Waals surface area (Å²) in [7, 11) is 0. The van der Waals surface area contributed by atoms with Gasteiger partial charge in [-0.2, -0.15) is 0 Å². The van der Waals surface area contributed by atoms with Crippen molar-refractivity contribution in [3.63, 3.8) is 0 Å². The van der Waals surface area contributed by atoms with Gasteiger partial charge in [0.2, 0.25) is 0 Å². The van der Waals surface area contributed by atoms with Crippen molar-refractivity contribution in [1.29, 1.82) is 0 Å². The summed E-state index contributed by atoms with van der Waals surface area (Å²) in [5.74, 6) is 0. The van der Waals surface area contributed by atoms with Crippen LogP contribution in [0.15, 0.2) is 30.3 Å². The third kappa shape index (κ3) is 5.91. The van der Waals surface area contributed by atoms with Gasteiger partial charge >= 0.3 is 0 Å². The van der Waals surface area contributed by atoms with Crippen molar-refractivity contribution < 1.29 is 4.74 Å². The van der Waals surface area contributed by atoms with E-state index in [0.717, 1.165) is 19.6 Å². The Morgan fingerprint density at radius 2 is 1.59 bits per heavy atom. The highest BCUT2D eigenvalue weighted by atomic mass is 16.5. The van der Waals surface area contributed by atoms with Gasteiger partial charge in [0.15, 0.2) is 0 Å². The SMILES string of the molecule is CC1CN(CCCN2CC=C(c3ccc(C(C)(C)C)cc3)CC2)CC(C)O1. The summed E-state index contributed by atoms with van der Waals surface area (Å²) in [6, 6.07) is 9.21. The van der Waals surface area contributed by atoms with Gasteiger partial charge in [-0.1, -0.05) is 51.1 Å². The first-order chi connectivity index (χ1) is 12.8. The molecule has 2 atom stereocenters. The van der Waals surface area contributed by atoms with E-state index in [9.17, 15) is 0 Å². The van der Waals surface area contributed by atoms with Crippen LogP contribution in [0.25, 0.3) is 5.57 Å². The van der Waals surface area contributed by atoms with Crippen molar-refractivity contribution in [3.8, 4) is 0 Å². The molecule has 0 aliphatic carbocycles. The molecule has 0 bridgehead atoms. The second-order valence-electron chi connectivity index (χ2n) is 9.48. The average molecular weight is 371 g/mol. The Balaban J connectivity index is 1.44. The largest absolute Gasteiger partial charge is 0.373 e. The first-order valence-corrected chi connectivity index (χ1v) is 10.7. The average Bonchev–Trinajstić information content (AvgIpc) is 2.61. The second-order valence-corrected chi connectivity index (χ2v) is 9.48. The van der Waals surface area contributed by atoms with Crippen molar-refractivity contribution in [1.82, 2.24) is 9.80 Å². The minimum Gasteiger partial charge on any atom is -0.373 e. The summed E-state index contributed by atoms with van der Waals surface area (Å²) >= 11 is 0. The third-order valence-electron chi connectivity index (χ3n) is 5.86. The molecule has 3 nitrogen and oxygen atoms in total. The van der Waals surface area contributed by atoms with E-state index in [4.69, 9.17) is 4.74 Å². The Hall–Kier alpha value is -1.16. The van der Waals surface area contributed by atoms with Gasteiger partial charge in [-0.05, 0) is 61.9 Å². The van der Waals surface area contributed by atoms with Crippen LogP contribution < -0.4 is 0 Å². The molecule has 3 heteroatoms. The number of hydrogen-bond donors (Lipinski definition) is 0. The Kier molecular flexibility index (Phi) is 6.78. The standard InChI is InChI=1S/C24H38N2O/c1-19-17-26(18-20(2)27-19)14-6-13-25-15-11-22(12-16-25)21-7-9-23(10-8-21)24(3,4)5/h7-11,19-20H,6,12-18H2,1-5H3. The molecule has 1 aromatic carbocycles. The van der Waals surface area contributed by atoms with Crippen molar-refractivity contribution in [3.05, 3.63) is 41.5 Å². The van der Waals surface area contributed by atoms with Gasteiger partial charge in [0.1, 0.15) is 0 Å². The number of benzene rings is 1. The lowest BCUT2D eigenvalue weighted by molar-refractivity contribution is -0.0684. The highest BCUT2D eigenvalue weighted by molar-refractivity contribution is 5.66. The molecule has 1 saturated heterocycles. The maximum absolute atomic E-state index is 5.83. The summed E-state index contributed by atoms with van der Waals surface area (Å²) in [6.45, 7) is 18.0. The highest BCUT2D eigenvalue weighted by Gasteiger charge is 2.22. The van der Waals surface area contributed by atoms with Crippen molar-refractivity contribution in [2.24, 2.45) is 0 Å². The molecule has 0 amide bonds. The van der Waals surface area contributed by atoms with E-state index in [0.29, 0.717) is 12.2 Å². The lowest BCUT2D eigenvalue weighted by atomic mass is 9.86. The smallest absolute Gasteiger partial charge is 0.0678 e. The van der Waals surface area contributed by atoms with Gasteiger partial charge in [-0.3, -0.25) is 9.80 Å². The quantitative estimate of drug-likeness (QED) is 0.755. The van der Waals surface area contributed by atoms with Gasteiger partial charge in [0, 0.05) is 26.2 Å². The van der Waals surface area contributed by atoms with Crippen molar-refractivity contribution in [2.45, 2.75) is 65.1 Å². The van der Waals surface area contributed by atoms with Gasteiger partial charge in [0.25, 0.3) is 0 Å². The lowest BCUT2D eigenvalue weighted by Crippen LogP contribution is -2.46. The number of ether oxygens (including phenoxy) is 1. The second kappa shape index (κ2) is 8.89. The van der Waals surface area contributed by atoms with E-state index in [-0.39, 0.29) is 5.41 Å². The summed E-state index contributed by atoms with van der Waals surface area (Å²) in [6.07, 6.45) is 5.61. The van der Waals surface area contributed by atoms with Crippen LogP contribution in [0.3, 0.4) is 0 Å². The van der Waals surface area contributed by atoms with Crippen LogP contribution >= 0.6 is 0 Å². The van der Waals surface area contributed by atoms with Crippen LogP contribution in [0.2, 0.25) is 0 Å². The zero-order chi connectivity index (χ0) is 19.4. The third-order valence-corrected chi connectivity index (χ3v) is 5.86. The van der Waals surface area contributed by atoms with Gasteiger partial charge in [-0.25, -0.2) is 0 Å². The predicted molar refractivity (Wildman–Crippen MR) is 115 cm³/mol. The molecule has 0 radical (unpaired) electrons. The zero-order valence-electron chi connectivity index (χ0n) is 18.0. The Morgan fingerprint density at radius 1 is 0.963 bits per heavy atom. The highest BCUT2D eigenvalue weighted by Crippen LogP contribution is 2.27. The minimum absolute atomic E-state index is 0.229. The fourth-order valence-electron chi connectivity index (χ4n) is 4.35. The summed E-state index contributed by atoms with van der Waals surface area (Å²) in [4.78, 5) is 5.17. The van der Waals surface area contributed by atoms with Crippen LogP contribution in [0, 0.1) is 0 Å². The maximum atomic E-state index is 5.83. The van der Waals surface area contributed by atoms with Crippen molar-refractivity contribution >= 4 is 5.57 Å². The molecule has 2 unspecified atom stereocenters. The van der Waals surface area contributed by atoms with Crippen LogP contribution in [-0.4, -0.2) is 61.3 Å². The molecule has 3 rings (SSSR count). The molecule has 0 N–H and O–H groups in total. The Morgan fingerprint density at radius 3 is 2.15 bits per heavy atom. The molecule has 0 saturated carbocycles. The zero-order valence-corrected chi connectivity index (χ0v) is 18.0. The molecule has 2 aliphatic heterocycles. The first-order valence-electron chi connectivity index (χ1n) is 10.7. The molecule has 1 fully saturated rings. The van der Waals surface area contributed by atoms with E-state index in [1.165, 1.54) is 49.2 Å². The molecule has 0 aromatic heterocycles. The Bertz CT molecular complexity index is 619. The Labute approximate surface area is 166 Å². The molecular formula is C24H38N2O. The maximum Gasteiger partial charge on any atom is 0.0678 e. The molecular weight excluding hydrogens is 332 g/mol. The monoisotopic (exact) mass is 370 g/mol. The summed E-state index contributed by atoms with van der Waals surface area (Å²) in [5, 5.41) is 0. The van der Waals surface area contributed by atoms with E-state index >= 15 is 0 Å². The molecule has 27 heavy (non-hydrogen) atoms. The number of hydrogen-bond acceptors (Lipinski definition) is 3. The van der Waals surface area contributed by atoms with Crippen LogP contribution in [0.1, 0.15) is 58.6 Å². The predicted octanol–water partition coefficient (Wildman–Crippen LogP) is 4.57. The van der Waals surface area contributed by atoms with E-state index in [1.807, 2.05) is 0 Å². The van der Waals surface area contributed by atoms with Crippen LogP contribution in [0.5, 0.6) is 0 Å². The van der Waals surface area contributed by atoms with Crippen LogP contribution in [0.4, 0.5) is 0 Å². The fourth-order valence-corrected chi connectivity index (χ4v) is 4.35. The minimum atomic E-state index is 0.229. The summed E-state index contributed by atoms with van der Waals surface area (Å²) < 4.78 is 5.83. The molecule has 1 aromatic rings. The van der Waals surface area contributed by atoms with Crippen LogP contribution in [-0.2, 0) is 10.2 Å². The van der Waals surface area contributed by atoms with Gasteiger partial charge < -0.3 is 4.74 Å². The normalized spacial score (nSPS) is 25.4. The van der Waals surface area contributed by atoms with Gasteiger partial charge in [-0.15, -0.1) is 0 Å². The number of morpholine rings is 1. The number of rotatable bonds is 5. The summed E-state index contributed by atoms with van der Waals surface area (Å²) in [5.41, 5.74) is 4.56. The van der Waals surface area contributed by atoms with E-state index in [2.05, 4.69) is 74.8 Å². The molecule has 2 aliphatic rings. The van der Waals surface area contributed by atoms with Gasteiger partial charge in [0.05, 0.1) is 12.2 Å².